The van der Waals surface area contributed by atoms with Crippen molar-refractivity contribution in [3.63, 3.8) is 0 Å². The van der Waals surface area contributed by atoms with Crippen molar-refractivity contribution >= 4 is 29.9 Å². The second-order valence-corrected chi connectivity index (χ2v) is 7.63. The lowest BCUT2D eigenvalue weighted by molar-refractivity contribution is 0.0511. The van der Waals surface area contributed by atoms with E-state index in [0.717, 1.165) is 70.5 Å². The van der Waals surface area contributed by atoms with Crippen molar-refractivity contribution in [3.05, 3.63) is 29.8 Å². The van der Waals surface area contributed by atoms with Gasteiger partial charge >= 0.3 is 0 Å². The molecular weight excluding hydrogens is 469 g/mol. The maximum absolute atomic E-state index is 5.65. The Bertz CT molecular complexity index is 612. The van der Waals surface area contributed by atoms with Gasteiger partial charge in [-0.05, 0) is 37.0 Å². The van der Waals surface area contributed by atoms with Gasteiger partial charge in [0.2, 0.25) is 0 Å². The molecular formula is C21H34IN3O3. The maximum atomic E-state index is 5.65. The molecule has 0 aromatic heterocycles. The minimum Gasteiger partial charge on any atom is -0.497 e. The van der Waals surface area contributed by atoms with E-state index in [-0.39, 0.29) is 29.4 Å². The first-order valence-electron chi connectivity index (χ1n) is 9.89. The zero-order chi connectivity index (χ0) is 19.1. The van der Waals surface area contributed by atoms with Crippen LogP contribution < -0.4 is 10.1 Å². The minimum atomic E-state index is 0. The van der Waals surface area contributed by atoms with E-state index in [9.17, 15) is 0 Å². The summed E-state index contributed by atoms with van der Waals surface area (Å²) in [5, 5.41) is 3.63. The summed E-state index contributed by atoms with van der Waals surface area (Å²) in [4.78, 5) is 6.73. The van der Waals surface area contributed by atoms with Gasteiger partial charge in [-0.1, -0.05) is 12.1 Å². The maximum Gasteiger partial charge on any atom is 0.193 e. The summed E-state index contributed by atoms with van der Waals surface area (Å²) in [7, 11) is 5.67. The van der Waals surface area contributed by atoms with Crippen LogP contribution in [-0.2, 0) is 14.9 Å². The normalized spacial score (nSPS) is 21.7. The molecule has 7 heteroatoms. The molecule has 0 bridgehead atoms. The third-order valence-electron chi connectivity index (χ3n) is 5.87. The summed E-state index contributed by atoms with van der Waals surface area (Å²) >= 11 is 0. The average molecular weight is 503 g/mol. The molecule has 158 valence electrons. The predicted molar refractivity (Wildman–Crippen MR) is 123 cm³/mol. The fourth-order valence-corrected chi connectivity index (χ4v) is 4.11. The van der Waals surface area contributed by atoms with Crippen LogP contribution in [0.2, 0.25) is 0 Å². The van der Waals surface area contributed by atoms with Crippen LogP contribution in [0.3, 0.4) is 0 Å². The van der Waals surface area contributed by atoms with Crippen LogP contribution in [0.4, 0.5) is 0 Å². The van der Waals surface area contributed by atoms with Gasteiger partial charge in [0.15, 0.2) is 5.96 Å². The van der Waals surface area contributed by atoms with Gasteiger partial charge in [-0.3, -0.25) is 4.99 Å². The number of benzene rings is 1. The fraction of sp³-hybridized carbons (Fsp3) is 0.667. The third-order valence-corrected chi connectivity index (χ3v) is 5.87. The molecule has 0 amide bonds. The molecule has 2 saturated heterocycles. The Hall–Kier alpha value is -1.06. The highest BCUT2D eigenvalue weighted by Crippen LogP contribution is 2.35. The molecule has 0 saturated carbocycles. The molecule has 1 atom stereocenters. The summed E-state index contributed by atoms with van der Waals surface area (Å²) < 4.78 is 16.5. The Balaban J connectivity index is 0.00000280. The van der Waals surface area contributed by atoms with Gasteiger partial charge in [-0.25, -0.2) is 0 Å². The number of nitrogens with zero attached hydrogens (tertiary/aromatic N) is 2. The highest BCUT2D eigenvalue weighted by Gasteiger charge is 2.35. The molecule has 2 aliphatic rings. The number of guanidine groups is 1. The Labute approximate surface area is 186 Å². The fourth-order valence-electron chi connectivity index (χ4n) is 4.11. The van der Waals surface area contributed by atoms with Crippen LogP contribution in [0.5, 0.6) is 5.75 Å². The highest BCUT2D eigenvalue weighted by molar-refractivity contribution is 14.0. The zero-order valence-electron chi connectivity index (χ0n) is 17.3. The zero-order valence-corrected chi connectivity index (χ0v) is 19.6. The lowest BCUT2D eigenvalue weighted by Gasteiger charge is -2.39. The number of halogens is 1. The molecule has 0 aliphatic carbocycles. The van der Waals surface area contributed by atoms with Crippen LogP contribution >= 0.6 is 24.0 Å². The Kier molecular flexibility index (Phi) is 9.30. The smallest absolute Gasteiger partial charge is 0.193 e. The molecule has 0 radical (unpaired) electrons. The molecule has 6 nitrogen and oxygen atoms in total. The summed E-state index contributed by atoms with van der Waals surface area (Å²) in [5.74, 6) is 2.43. The first-order chi connectivity index (χ1) is 13.2. The molecule has 28 heavy (non-hydrogen) atoms. The van der Waals surface area contributed by atoms with Gasteiger partial charge in [0, 0.05) is 58.3 Å². The summed E-state index contributed by atoms with van der Waals surface area (Å²) in [6.07, 6.45) is 3.14. The molecule has 1 N–H and O–H groups in total. The second-order valence-electron chi connectivity index (χ2n) is 7.63. The summed E-state index contributed by atoms with van der Waals surface area (Å²) in [6, 6.07) is 8.48. The molecule has 2 fully saturated rings. The van der Waals surface area contributed by atoms with Gasteiger partial charge < -0.3 is 24.4 Å². The van der Waals surface area contributed by atoms with E-state index in [1.54, 1.807) is 7.11 Å². The van der Waals surface area contributed by atoms with Gasteiger partial charge in [0.1, 0.15) is 5.75 Å². The van der Waals surface area contributed by atoms with Gasteiger partial charge in [-0.15, -0.1) is 24.0 Å². The molecule has 2 heterocycles. The molecule has 1 unspecified atom stereocenters. The van der Waals surface area contributed by atoms with Crippen LogP contribution in [0.1, 0.15) is 24.8 Å². The van der Waals surface area contributed by atoms with Crippen molar-refractivity contribution in [2.75, 3.05) is 60.7 Å². The van der Waals surface area contributed by atoms with Crippen molar-refractivity contribution in [2.24, 2.45) is 10.9 Å². The van der Waals surface area contributed by atoms with E-state index in [1.807, 2.05) is 19.2 Å². The first kappa shape index (κ1) is 23.2. The number of nitrogens with one attached hydrogen (secondary N) is 1. The summed E-state index contributed by atoms with van der Waals surface area (Å²) in [5.41, 5.74) is 1.39. The van der Waals surface area contributed by atoms with E-state index < -0.39 is 0 Å². The van der Waals surface area contributed by atoms with Crippen molar-refractivity contribution in [1.82, 2.24) is 10.2 Å². The Morgan fingerprint density at radius 2 is 1.93 bits per heavy atom. The van der Waals surface area contributed by atoms with E-state index in [0.29, 0.717) is 5.92 Å². The molecule has 0 spiro atoms. The highest BCUT2D eigenvalue weighted by atomic mass is 127. The molecule has 2 aliphatic heterocycles. The quantitative estimate of drug-likeness (QED) is 0.368. The van der Waals surface area contributed by atoms with Gasteiger partial charge in [-0.2, -0.15) is 0 Å². The average Bonchev–Trinajstić information content (AvgIpc) is 3.22. The Morgan fingerprint density at radius 1 is 1.21 bits per heavy atom. The number of aliphatic imine (C=N–C) groups is 1. The van der Waals surface area contributed by atoms with Crippen LogP contribution in [0, 0.1) is 5.92 Å². The monoisotopic (exact) mass is 503 g/mol. The van der Waals surface area contributed by atoms with Crippen LogP contribution in [0.25, 0.3) is 0 Å². The molecule has 3 rings (SSSR count). The van der Waals surface area contributed by atoms with E-state index in [4.69, 9.17) is 14.2 Å². The van der Waals surface area contributed by atoms with Crippen molar-refractivity contribution in [3.8, 4) is 5.75 Å². The standard InChI is InChI=1S/C21H33N3O3.HI/c1-22-20(24(2)14-17-8-11-27-15-17)23-16-21(9-12-26-13-10-21)18-4-6-19(25-3)7-5-18;/h4-7,17H,8-16H2,1-3H3,(H,22,23);1H. The van der Waals surface area contributed by atoms with E-state index in [2.05, 4.69) is 34.4 Å². The Morgan fingerprint density at radius 3 is 2.50 bits per heavy atom. The minimum absolute atomic E-state index is 0. The van der Waals surface area contributed by atoms with Crippen LogP contribution in [-0.4, -0.2) is 71.6 Å². The predicted octanol–water partition coefficient (Wildman–Crippen LogP) is 2.91. The summed E-state index contributed by atoms with van der Waals surface area (Å²) in [6.45, 7) is 5.14. The number of hydrogen-bond donors (Lipinski definition) is 1. The van der Waals surface area contributed by atoms with Crippen molar-refractivity contribution < 1.29 is 14.2 Å². The largest absolute Gasteiger partial charge is 0.497 e. The lowest BCUT2D eigenvalue weighted by atomic mass is 9.74. The number of hydrogen-bond acceptors (Lipinski definition) is 4. The number of ether oxygens (including phenoxy) is 3. The molecule has 1 aromatic rings. The first-order valence-corrected chi connectivity index (χ1v) is 9.89. The number of methoxy groups -OCH3 is 1. The lowest BCUT2D eigenvalue weighted by Crippen LogP contribution is -2.49. The van der Waals surface area contributed by atoms with Crippen molar-refractivity contribution in [1.29, 1.82) is 0 Å². The topological polar surface area (TPSA) is 55.3 Å². The van der Waals surface area contributed by atoms with Crippen LogP contribution in [0.15, 0.2) is 29.3 Å². The van der Waals surface area contributed by atoms with Gasteiger partial charge in [0.05, 0.1) is 13.7 Å². The second kappa shape index (κ2) is 11.2. The van der Waals surface area contributed by atoms with Crippen molar-refractivity contribution in [2.45, 2.75) is 24.7 Å². The molecule has 1 aromatic carbocycles. The third kappa shape index (κ3) is 5.73. The van der Waals surface area contributed by atoms with E-state index >= 15 is 0 Å². The number of rotatable bonds is 6. The van der Waals surface area contributed by atoms with Gasteiger partial charge in [0.25, 0.3) is 0 Å². The SMILES string of the molecule is CN=C(NCC1(c2ccc(OC)cc2)CCOCC1)N(C)CC1CCOC1.I. The van der Waals surface area contributed by atoms with E-state index in [1.165, 1.54) is 5.56 Å².